The van der Waals surface area contributed by atoms with Gasteiger partial charge in [-0.15, -0.1) is 10.2 Å². The van der Waals surface area contributed by atoms with Crippen molar-refractivity contribution in [1.29, 1.82) is 0 Å². The lowest BCUT2D eigenvalue weighted by Crippen LogP contribution is -2.30. The molecule has 0 spiro atoms. The number of aromatic nitrogens is 2. The molecule has 0 saturated heterocycles. The number of anilines is 1. The van der Waals surface area contributed by atoms with Gasteiger partial charge in [0.25, 0.3) is 0 Å². The maximum Gasteiger partial charge on any atom is 0.313 e. The summed E-state index contributed by atoms with van der Waals surface area (Å²) in [6.07, 6.45) is 3.97. The molecule has 1 amide bonds. The minimum absolute atomic E-state index is 0.0177. The van der Waals surface area contributed by atoms with Crippen LogP contribution in [0.25, 0.3) is 0 Å². The zero-order valence-corrected chi connectivity index (χ0v) is 12.1. The number of aliphatic carboxylic acids is 1. The van der Waals surface area contributed by atoms with Crippen molar-refractivity contribution in [3.63, 3.8) is 0 Å². The molecule has 0 aliphatic heterocycles. The number of thioether (sulfide) groups is 1. The first-order valence-corrected chi connectivity index (χ1v) is 7.79. The number of carboxylic acids is 1. The van der Waals surface area contributed by atoms with Crippen LogP contribution in [0.1, 0.15) is 32.6 Å². The normalized spacial score (nSPS) is 17.3. The van der Waals surface area contributed by atoms with Gasteiger partial charge in [-0.2, -0.15) is 0 Å². The molecular formula is C11H15N3O3S2. The molecule has 0 radical (unpaired) electrons. The molecule has 0 atom stereocenters. The van der Waals surface area contributed by atoms with Crippen molar-refractivity contribution in [3.8, 4) is 0 Å². The summed E-state index contributed by atoms with van der Waals surface area (Å²) >= 11 is 2.31. The van der Waals surface area contributed by atoms with E-state index >= 15 is 0 Å². The van der Waals surface area contributed by atoms with Gasteiger partial charge in [0.15, 0.2) is 4.34 Å². The Morgan fingerprint density at radius 3 is 2.74 bits per heavy atom. The van der Waals surface area contributed by atoms with Crippen molar-refractivity contribution in [3.05, 3.63) is 0 Å². The lowest BCUT2D eigenvalue weighted by Gasteiger charge is -2.20. The minimum atomic E-state index is -0.899. The van der Waals surface area contributed by atoms with E-state index in [1.807, 2.05) is 6.92 Å². The third-order valence-electron chi connectivity index (χ3n) is 3.20. The number of hydrogen-bond acceptors (Lipinski definition) is 6. The quantitative estimate of drug-likeness (QED) is 0.640. The molecule has 0 bridgehead atoms. The molecule has 1 aromatic heterocycles. The van der Waals surface area contributed by atoms with Gasteiger partial charge in [-0.1, -0.05) is 42.9 Å². The fourth-order valence-electron chi connectivity index (χ4n) is 2.07. The Labute approximate surface area is 119 Å². The van der Waals surface area contributed by atoms with Crippen LogP contribution in [0.2, 0.25) is 0 Å². The van der Waals surface area contributed by atoms with Crippen LogP contribution in [-0.4, -0.2) is 32.9 Å². The van der Waals surface area contributed by atoms with E-state index in [1.54, 1.807) is 0 Å². The van der Waals surface area contributed by atoms with Gasteiger partial charge in [0.1, 0.15) is 0 Å². The summed E-state index contributed by atoms with van der Waals surface area (Å²) in [7, 11) is 0. The lowest BCUT2D eigenvalue weighted by atomic mass is 9.88. The molecule has 104 valence electrons. The molecule has 2 N–H and O–H groups in total. The van der Waals surface area contributed by atoms with E-state index in [9.17, 15) is 9.59 Å². The van der Waals surface area contributed by atoms with Crippen LogP contribution >= 0.6 is 23.1 Å². The van der Waals surface area contributed by atoms with Gasteiger partial charge in [-0.05, 0) is 12.8 Å². The second kappa shape index (κ2) is 5.87. The average molecular weight is 301 g/mol. The van der Waals surface area contributed by atoms with Crippen molar-refractivity contribution in [1.82, 2.24) is 10.2 Å². The standard InChI is InChI=1S/C11H15N3O3S2/c1-11(4-2-3-5-11)8(17)12-9-13-14-10(19-9)18-6-7(15)16/h2-6H2,1H3,(H,15,16)(H,12,13,17). The second-order valence-electron chi connectivity index (χ2n) is 4.78. The summed E-state index contributed by atoms with van der Waals surface area (Å²) in [5, 5.41) is 19.5. The maximum atomic E-state index is 12.1. The predicted molar refractivity (Wildman–Crippen MR) is 73.5 cm³/mol. The summed E-state index contributed by atoms with van der Waals surface area (Å²) in [5.41, 5.74) is -0.306. The summed E-state index contributed by atoms with van der Waals surface area (Å²) < 4.78 is 0.550. The fraction of sp³-hybridized carbons (Fsp3) is 0.636. The van der Waals surface area contributed by atoms with Crippen LogP contribution in [-0.2, 0) is 9.59 Å². The summed E-state index contributed by atoms with van der Waals surface area (Å²) in [5.74, 6) is -0.972. The molecule has 1 heterocycles. The van der Waals surface area contributed by atoms with Crippen molar-refractivity contribution in [2.24, 2.45) is 5.41 Å². The van der Waals surface area contributed by atoms with Gasteiger partial charge in [-0.3, -0.25) is 9.59 Å². The SMILES string of the molecule is CC1(C(=O)Nc2nnc(SCC(=O)O)s2)CCCC1. The van der Waals surface area contributed by atoms with E-state index in [4.69, 9.17) is 5.11 Å². The monoisotopic (exact) mass is 301 g/mol. The predicted octanol–water partition coefficient (Wildman–Crippen LogP) is 2.23. The molecule has 1 fully saturated rings. The van der Waals surface area contributed by atoms with Gasteiger partial charge in [0, 0.05) is 5.41 Å². The first-order chi connectivity index (χ1) is 8.99. The topological polar surface area (TPSA) is 92.2 Å². The Kier molecular flexibility index (Phi) is 4.41. The zero-order chi connectivity index (χ0) is 13.9. The highest BCUT2D eigenvalue weighted by Gasteiger charge is 2.36. The van der Waals surface area contributed by atoms with E-state index in [0.29, 0.717) is 9.47 Å². The van der Waals surface area contributed by atoms with E-state index < -0.39 is 5.97 Å². The van der Waals surface area contributed by atoms with Crippen LogP contribution < -0.4 is 5.32 Å². The number of carbonyl (C=O) groups is 2. The minimum Gasteiger partial charge on any atom is -0.481 e. The summed E-state index contributed by atoms with van der Waals surface area (Å²) in [6.45, 7) is 1.97. The van der Waals surface area contributed by atoms with Crippen LogP contribution in [0.3, 0.4) is 0 Å². The van der Waals surface area contributed by atoms with E-state index in [-0.39, 0.29) is 17.1 Å². The molecule has 1 aliphatic carbocycles. The Morgan fingerprint density at radius 1 is 1.42 bits per heavy atom. The van der Waals surface area contributed by atoms with Gasteiger partial charge in [-0.25, -0.2) is 0 Å². The molecule has 2 rings (SSSR count). The largest absolute Gasteiger partial charge is 0.481 e. The highest BCUT2D eigenvalue weighted by Crippen LogP contribution is 2.38. The first kappa shape index (κ1) is 14.3. The van der Waals surface area contributed by atoms with Gasteiger partial charge in [0.2, 0.25) is 11.0 Å². The Hall–Kier alpha value is -1.15. The molecule has 1 aromatic rings. The Morgan fingerprint density at radius 2 is 2.11 bits per heavy atom. The Bertz CT molecular complexity index is 483. The summed E-state index contributed by atoms with van der Waals surface area (Å²) in [6, 6.07) is 0. The van der Waals surface area contributed by atoms with Gasteiger partial charge < -0.3 is 10.4 Å². The molecule has 1 saturated carbocycles. The number of carbonyl (C=O) groups excluding carboxylic acids is 1. The number of nitrogens with one attached hydrogen (secondary N) is 1. The number of carboxylic acid groups (broad SMARTS) is 1. The summed E-state index contributed by atoms with van der Waals surface area (Å²) in [4.78, 5) is 22.6. The highest BCUT2D eigenvalue weighted by atomic mass is 32.2. The number of amides is 1. The van der Waals surface area contributed by atoms with Crippen molar-refractivity contribution in [2.75, 3.05) is 11.1 Å². The maximum absolute atomic E-state index is 12.1. The molecule has 6 nitrogen and oxygen atoms in total. The smallest absolute Gasteiger partial charge is 0.313 e. The van der Waals surface area contributed by atoms with Gasteiger partial charge in [0.05, 0.1) is 5.75 Å². The van der Waals surface area contributed by atoms with Crippen molar-refractivity contribution < 1.29 is 14.7 Å². The Balaban J connectivity index is 1.92. The van der Waals surface area contributed by atoms with E-state index in [1.165, 1.54) is 11.3 Å². The molecule has 19 heavy (non-hydrogen) atoms. The second-order valence-corrected chi connectivity index (χ2v) is 6.98. The average Bonchev–Trinajstić information content (AvgIpc) is 2.97. The lowest BCUT2D eigenvalue weighted by molar-refractivity contribution is -0.134. The van der Waals surface area contributed by atoms with E-state index in [2.05, 4.69) is 15.5 Å². The van der Waals surface area contributed by atoms with Crippen LogP contribution in [0, 0.1) is 5.41 Å². The van der Waals surface area contributed by atoms with Gasteiger partial charge >= 0.3 is 5.97 Å². The number of rotatable bonds is 5. The van der Waals surface area contributed by atoms with Crippen LogP contribution in [0.15, 0.2) is 4.34 Å². The number of hydrogen-bond donors (Lipinski definition) is 2. The molecule has 8 heteroatoms. The van der Waals surface area contributed by atoms with Crippen molar-refractivity contribution in [2.45, 2.75) is 36.9 Å². The molecule has 1 aliphatic rings. The molecular weight excluding hydrogens is 286 g/mol. The van der Waals surface area contributed by atoms with Crippen LogP contribution in [0.4, 0.5) is 5.13 Å². The highest BCUT2D eigenvalue weighted by molar-refractivity contribution is 8.01. The van der Waals surface area contributed by atoms with E-state index in [0.717, 1.165) is 37.4 Å². The molecule has 0 unspecified atom stereocenters. The molecule has 0 aromatic carbocycles. The third kappa shape index (κ3) is 3.66. The third-order valence-corrected chi connectivity index (χ3v) is 5.16. The van der Waals surface area contributed by atoms with Crippen LogP contribution in [0.5, 0.6) is 0 Å². The first-order valence-electron chi connectivity index (χ1n) is 5.99. The zero-order valence-electron chi connectivity index (χ0n) is 10.5. The fourth-order valence-corrected chi connectivity index (χ4v) is 3.54. The number of nitrogens with zero attached hydrogens (tertiary/aromatic N) is 2. The van der Waals surface area contributed by atoms with Crippen molar-refractivity contribution >= 4 is 40.1 Å².